The van der Waals surface area contributed by atoms with Crippen LogP contribution < -0.4 is 4.72 Å². The van der Waals surface area contributed by atoms with Gasteiger partial charge in [0, 0.05) is 10.9 Å². The molecule has 0 bridgehead atoms. The lowest BCUT2D eigenvalue weighted by molar-refractivity contribution is 0.427. The third-order valence-electron chi connectivity index (χ3n) is 3.09. The first-order valence-electron chi connectivity index (χ1n) is 5.82. The molecule has 3 nitrogen and oxygen atoms in total. The molecule has 2 rings (SSSR count). The van der Waals surface area contributed by atoms with E-state index in [0.29, 0.717) is 4.21 Å². The van der Waals surface area contributed by atoms with Crippen LogP contribution in [0, 0.1) is 6.92 Å². The van der Waals surface area contributed by atoms with Gasteiger partial charge >= 0.3 is 0 Å². The molecule has 2 unspecified atom stereocenters. The molecule has 0 spiro atoms. The highest BCUT2D eigenvalue weighted by Crippen LogP contribution is 2.32. The summed E-state index contributed by atoms with van der Waals surface area (Å²) in [5.41, 5.74) is 0.958. The second kappa shape index (κ2) is 5.91. The first-order chi connectivity index (χ1) is 8.40. The molecule has 7 heteroatoms. The molecule has 0 radical (unpaired) electrons. The Morgan fingerprint density at radius 1 is 1.39 bits per heavy atom. The SMILES string of the molecule is Cc1cc(S(=O)(=O)NC2CCCCC2Br)sc1Br. The zero-order valence-corrected chi connectivity index (χ0v) is 14.8. The van der Waals surface area contributed by atoms with E-state index < -0.39 is 10.0 Å². The normalized spacial score (nSPS) is 25.3. The van der Waals surface area contributed by atoms with Gasteiger partial charge in [0.15, 0.2) is 0 Å². The quantitative estimate of drug-likeness (QED) is 0.761. The minimum absolute atomic E-state index is 0.00457. The largest absolute Gasteiger partial charge is 0.250 e. The van der Waals surface area contributed by atoms with Gasteiger partial charge in [-0.25, -0.2) is 13.1 Å². The summed E-state index contributed by atoms with van der Waals surface area (Å²) in [4.78, 5) is 0.241. The maximum absolute atomic E-state index is 12.3. The molecule has 1 aliphatic rings. The Kier molecular flexibility index (Phi) is 4.91. The fraction of sp³-hybridized carbons (Fsp3) is 0.636. The number of hydrogen-bond donors (Lipinski definition) is 1. The van der Waals surface area contributed by atoms with Crippen molar-refractivity contribution >= 4 is 53.2 Å². The van der Waals surface area contributed by atoms with Gasteiger partial charge in [0.25, 0.3) is 0 Å². The second-order valence-electron chi connectivity index (χ2n) is 4.55. The van der Waals surface area contributed by atoms with E-state index in [4.69, 9.17) is 0 Å². The van der Waals surface area contributed by atoms with Gasteiger partial charge in [0.05, 0.1) is 3.79 Å². The van der Waals surface area contributed by atoms with Gasteiger partial charge in [0.2, 0.25) is 10.0 Å². The molecule has 1 heterocycles. The van der Waals surface area contributed by atoms with Crippen LogP contribution in [-0.4, -0.2) is 19.3 Å². The molecule has 1 aromatic rings. The van der Waals surface area contributed by atoms with Crippen molar-refractivity contribution in [1.82, 2.24) is 4.72 Å². The number of rotatable bonds is 3. The van der Waals surface area contributed by atoms with Crippen LogP contribution in [-0.2, 0) is 10.0 Å². The summed E-state index contributed by atoms with van der Waals surface area (Å²) in [7, 11) is -3.39. The van der Waals surface area contributed by atoms with Crippen LogP contribution in [0.4, 0.5) is 0 Å². The van der Waals surface area contributed by atoms with Gasteiger partial charge in [-0.15, -0.1) is 11.3 Å². The molecule has 0 amide bonds. The highest BCUT2D eigenvalue weighted by atomic mass is 79.9. The van der Waals surface area contributed by atoms with E-state index in [2.05, 4.69) is 36.6 Å². The lowest BCUT2D eigenvalue weighted by Crippen LogP contribution is -2.42. The number of aryl methyl sites for hydroxylation is 1. The van der Waals surface area contributed by atoms with Crippen LogP contribution in [0.15, 0.2) is 14.1 Å². The molecule has 18 heavy (non-hydrogen) atoms. The third-order valence-corrected chi connectivity index (χ3v) is 8.28. The Labute approximate surface area is 129 Å². The molecule has 1 N–H and O–H groups in total. The van der Waals surface area contributed by atoms with Gasteiger partial charge in [0.1, 0.15) is 4.21 Å². The topological polar surface area (TPSA) is 46.2 Å². The molecule has 1 fully saturated rings. The van der Waals surface area contributed by atoms with Crippen LogP contribution >= 0.6 is 43.2 Å². The van der Waals surface area contributed by atoms with E-state index >= 15 is 0 Å². The average molecular weight is 417 g/mol. The molecule has 1 aromatic heterocycles. The van der Waals surface area contributed by atoms with Gasteiger partial charge in [-0.1, -0.05) is 28.8 Å². The number of nitrogens with one attached hydrogen (secondary N) is 1. The maximum atomic E-state index is 12.3. The minimum atomic E-state index is -3.39. The van der Waals surface area contributed by atoms with Crippen molar-refractivity contribution in [3.05, 3.63) is 15.4 Å². The monoisotopic (exact) mass is 415 g/mol. The van der Waals surface area contributed by atoms with Crippen molar-refractivity contribution in [2.75, 3.05) is 0 Å². The Balaban J connectivity index is 2.16. The summed E-state index contributed by atoms with van der Waals surface area (Å²) < 4.78 is 28.6. The number of thiophene rings is 1. The smallest absolute Gasteiger partial charge is 0.206 e. The van der Waals surface area contributed by atoms with Crippen molar-refractivity contribution in [3.63, 3.8) is 0 Å². The van der Waals surface area contributed by atoms with E-state index in [1.807, 2.05) is 6.92 Å². The Morgan fingerprint density at radius 2 is 2.06 bits per heavy atom. The second-order valence-corrected chi connectivity index (χ2v) is 10.0. The molecule has 1 saturated carbocycles. The summed E-state index contributed by atoms with van der Waals surface area (Å²) in [6.07, 6.45) is 4.18. The Morgan fingerprint density at radius 3 is 2.61 bits per heavy atom. The minimum Gasteiger partial charge on any atom is -0.206 e. The highest BCUT2D eigenvalue weighted by Gasteiger charge is 2.28. The number of sulfonamides is 1. The van der Waals surface area contributed by atoms with E-state index in [1.165, 1.54) is 11.3 Å². The van der Waals surface area contributed by atoms with Crippen LogP contribution in [0.1, 0.15) is 31.2 Å². The summed E-state index contributed by atoms with van der Waals surface area (Å²) >= 11 is 8.19. The van der Waals surface area contributed by atoms with Crippen molar-refractivity contribution < 1.29 is 8.42 Å². The molecule has 0 aromatic carbocycles. The molecule has 2 atom stereocenters. The van der Waals surface area contributed by atoms with E-state index in [1.54, 1.807) is 6.07 Å². The molecule has 1 aliphatic carbocycles. The molecule has 102 valence electrons. The van der Waals surface area contributed by atoms with E-state index in [-0.39, 0.29) is 10.9 Å². The zero-order valence-electron chi connectivity index (χ0n) is 9.95. The van der Waals surface area contributed by atoms with E-state index in [9.17, 15) is 8.42 Å². The lowest BCUT2D eigenvalue weighted by Gasteiger charge is -2.27. The van der Waals surface area contributed by atoms with Crippen molar-refractivity contribution in [1.29, 1.82) is 0 Å². The summed E-state index contributed by atoms with van der Waals surface area (Å²) in [6, 6.07) is 1.72. The standard InChI is InChI=1S/C11H15Br2NO2S2/c1-7-6-10(17-11(7)13)18(15,16)14-9-5-3-2-4-8(9)12/h6,8-9,14H,2-5H2,1H3. The Bertz CT molecular complexity index is 508. The fourth-order valence-electron chi connectivity index (χ4n) is 2.04. The van der Waals surface area contributed by atoms with Crippen molar-refractivity contribution in [3.8, 4) is 0 Å². The maximum Gasteiger partial charge on any atom is 0.250 e. The van der Waals surface area contributed by atoms with Gasteiger partial charge in [-0.3, -0.25) is 0 Å². The van der Waals surface area contributed by atoms with Crippen LogP contribution in [0.2, 0.25) is 0 Å². The number of hydrogen-bond acceptors (Lipinski definition) is 3. The van der Waals surface area contributed by atoms with Crippen molar-refractivity contribution in [2.45, 2.75) is 47.7 Å². The average Bonchev–Trinajstić information content (AvgIpc) is 2.63. The van der Waals surface area contributed by atoms with E-state index in [0.717, 1.165) is 35.0 Å². The Hall–Kier alpha value is 0.570. The first kappa shape index (κ1) is 15.0. The number of alkyl halides is 1. The summed E-state index contributed by atoms with van der Waals surface area (Å²) in [5, 5.41) is 0. The molecule has 0 aliphatic heterocycles. The molecular weight excluding hydrogens is 402 g/mol. The molecular formula is C11H15Br2NO2S2. The molecule has 0 saturated heterocycles. The van der Waals surface area contributed by atoms with Gasteiger partial charge < -0.3 is 0 Å². The van der Waals surface area contributed by atoms with Gasteiger partial charge in [-0.05, 0) is 47.3 Å². The van der Waals surface area contributed by atoms with Crippen LogP contribution in [0.3, 0.4) is 0 Å². The predicted octanol–water partition coefficient (Wildman–Crippen LogP) is 3.80. The lowest BCUT2D eigenvalue weighted by atomic mass is 9.96. The van der Waals surface area contributed by atoms with Gasteiger partial charge in [-0.2, -0.15) is 0 Å². The predicted molar refractivity (Wildman–Crippen MR) is 82.0 cm³/mol. The zero-order chi connectivity index (χ0) is 13.3. The first-order valence-corrected chi connectivity index (χ1v) is 9.83. The van der Waals surface area contributed by atoms with Crippen LogP contribution in [0.5, 0.6) is 0 Å². The fourth-order valence-corrected chi connectivity index (χ4v) is 6.49. The van der Waals surface area contributed by atoms with Crippen molar-refractivity contribution in [2.24, 2.45) is 0 Å². The third kappa shape index (κ3) is 3.36. The summed E-state index contributed by atoms with van der Waals surface area (Å²) in [5.74, 6) is 0. The van der Waals surface area contributed by atoms with Crippen LogP contribution in [0.25, 0.3) is 0 Å². The number of halogens is 2. The highest BCUT2D eigenvalue weighted by molar-refractivity contribution is 9.11. The summed E-state index contributed by atoms with van der Waals surface area (Å²) in [6.45, 7) is 1.90.